The molecule has 2 aliphatic rings. The molecule has 1 N–H and O–H groups in total. The van der Waals surface area contributed by atoms with E-state index >= 15 is 0 Å². The quantitative estimate of drug-likeness (QED) is 0.628. The van der Waals surface area contributed by atoms with Gasteiger partial charge in [0.25, 0.3) is 0 Å². The Morgan fingerprint density at radius 2 is 2.26 bits per heavy atom. The van der Waals surface area contributed by atoms with Gasteiger partial charge in [-0.15, -0.1) is 0 Å². The van der Waals surface area contributed by atoms with Gasteiger partial charge in [-0.3, -0.25) is 4.99 Å². The molecule has 4 nitrogen and oxygen atoms in total. The van der Waals surface area contributed by atoms with Gasteiger partial charge in [0.1, 0.15) is 0 Å². The molecular weight excluding hydrogens is 256 g/mol. The van der Waals surface area contributed by atoms with Crippen LogP contribution in [0, 0.1) is 0 Å². The van der Waals surface area contributed by atoms with Crippen LogP contribution in [0.1, 0.15) is 26.2 Å². The van der Waals surface area contributed by atoms with Gasteiger partial charge >= 0.3 is 0 Å². The highest BCUT2D eigenvalue weighted by molar-refractivity contribution is 8.00. The Labute approximate surface area is 122 Å². The van der Waals surface area contributed by atoms with Gasteiger partial charge in [0.2, 0.25) is 0 Å². The maximum Gasteiger partial charge on any atom is 0.193 e. The highest BCUT2D eigenvalue weighted by Gasteiger charge is 2.24. The highest BCUT2D eigenvalue weighted by Crippen LogP contribution is 2.21. The van der Waals surface area contributed by atoms with E-state index in [1.165, 1.54) is 31.6 Å². The molecule has 19 heavy (non-hydrogen) atoms. The second kappa shape index (κ2) is 7.39. The molecule has 0 aromatic carbocycles. The van der Waals surface area contributed by atoms with Crippen molar-refractivity contribution in [2.45, 2.75) is 37.5 Å². The molecule has 2 fully saturated rings. The number of hydrogen-bond donors (Lipinski definition) is 1. The van der Waals surface area contributed by atoms with Gasteiger partial charge in [-0.1, -0.05) is 6.92 Å². The fourth-order valence-electron chi connectivity index (χ4n) is 2.94. The van der Waals surface area contributed by atoms with Crippen LogP contribution in [0.4, 0.5) is 0 Å². The molecule has 0 amide bonds. The number of rotatable bonds is 3. The molecule has 2 unspecified atom stereocenters. The predicted octanol–water partition coefficient (Wildman–Crippen LogP) is 1.48. The lowest BCUT2D eigenvalue weighted by Crippen LogP contribution is -2.50. The summed E-state index contributed by atoms with van der Waals surface area (Å²) in [5, 5.41) is 4.35. The van der Waals surface area contributed by atoms with Crippen molar-refractivity contribution in [1.29, 1.82) is 0 Å². The minimum Gasteiger partial charge on any atom is -0.355 e. The molecular formula is C14H28N4S. The molecule has 110 valence electrons. The summed E-state index contributed by atoms with van der Waals surface area (Å²) in [6, 6.07) is 0.679. The summed E-state index contributed by atoms with van der Waals surface area (Å²) >= 11 is 2.11. The first-order valence-electron chi connectivity index (χ1n) is 7.52. The van der Waals surface area contributed by atoms with E-state index in [9.17, 15) is 0 Å². The van der Waals surface area contributed by atoms with E-state index in [0.29, 0.717) is 6.04 Å². The molecule has 0 radical (unpaired) electrons. The lowest BCUT2D eigenvalue weighted by Gasteiger charge is -2.35. The Hall–Kier alpha value is -0.420. The second-order valence-corrected chi connectivity index (χ2v) is 6.96. The van der Waals surface area contributed by atoms with Crippen LogP contribution in [-0.4, -0.2) is 73.1 Å². The van der Waals surface area contributed by atoms with E-state index in [4.69, 9.17) is 0 Å². The van der Waals surface area contributed by atoms with Gasteiger partial charge in [0.05, 0.1) is 0 Å². The molecule has 2 atom stereocenters. The summed E-state index contributed by atoms with van der Waals surface area (Å²) in [6.07, 6.45) is 3.90. The van der Waals surface area contributed by atoms with Crippen molar-refractivity contribution < 1.29 is 0 Å². The first-order valence-corrected chi connectivity index (χ1v) is 8.57. The average Bonchev–Trinajstić information content (AvgIpc) is 2.85. The Kier molecular flexibility index (Phi) is 5.82. The molecule has 2 heterocycles. The number of thioether (sulfide) groups is 1. The van der Waals surface area contributed by atoms with Crippen molar-refractivity contribution in [3.63, 3.8) is 0 Å². The lowest BCUT2D eigenvalue weighted by molar-refractivity contribution is 0.305. The number of likely N-dealkylation sites (N-methyl/N-ethyl adjacent to an activating group) is 1. The topological polar surface area (TPSA) is 30.9 Å². The minimum absolute atomic E-state index is 0.679. The van der Waals surface area contributed by atoms with Gasteiger partial charge in [-0.05, 0) is 32.9 Å². The van der Waals surface area contributed by atoms with Crippen LogP contribution in [0.25, 0.3) is 0 Å². The minimum atomic E-state index is 0.679. The first kappa shape index (κ1) is 15.0. The molecule has 2 aliphatic heterocycles. The summed E-state index contributed by atoms with van der Waals surface area (Å²) in [7, 11) is 4.14. The summed E-state index contributed by atoms with van der Waals surface area (Å²) < 4.78 is 0. The van der Waals surface area contributed by atoms with Crippen LogP contribution in [0.2, 0.25) is 0 Å². The average molecular weight is 284 g/mol. The number of aliphatic imine (C=N–C) groups is 1. The Balaban J connectivity index is 1.82. The molecule has 0 aliphatic carbocycles. The summed E-state index contributed by atoms with van der Waals surface area (Å²) in [5.74, 6) is 2.32. The van der Waals surface area contributed by atoms with Crippen molar-refractivity contribution in [3.05, 3.63) is 0 Å². The molecule has 5 heteroatoms. The monoisotopic (exact) mass is 284 g/mol. The molecule has 2 saturated heterocycles. The van der Waals surface area contributed by atoms with Crippen molar-refractivity contribution in [3.8, 4) is 0 Å². The van der Waals surface area contributed by atoms with Gasteiger partial charge in [-0.2, -0.15) is 11.8 Å². The number of nitrogens with one attached hydrogen (secondary N) is 1. The lowest BCUT2D eigenvalue weighted by atomic mass is 10.2. The maximum atomic E-state index is 4.47. The summed E-state index contributed by atoms with van der Waals surface area (Å²) in [5.41, 5.74) is 0. The molecule has 0 bridgehead atoms. The second-order valence-electron chi connectivity index (χ2n) is 5.55. The Bertz CT molecular complexity index is 308. The largest absolute Gasteiger partial charge is 0.355 e. The standard InChI is InChI=1S/C14H28N4S/c1-4-13-11-18(8-9-19-13)14(15-2)16-10-12-6-5-7-17(12)3/h12-13H,4-11H2,1-3H3,(H,15,16). The van der Waals surface area contributed by atoms with E-state index < -0.39 is 0 Å². The van der Waals surface area contributed by atoms with Crippen molar-refractivity contribution in [2.24, 2.45) is 4.99 Å². The van der Waals surface area contributed by atoms with Crippen LogP contribution in [0.3, 0.4) is 0 Å². The van der Waals surface area contributed by atoms with E-state index in [0.717, 1.165) is 30.8 Å². The molecule has 0 aromatic rings. The van der Waals surface area contributed by atoms with Gasteiger partial charge in [-0.25, -0.2) is 0 Å². The number of nitrogens with zero attached hydrogens (tertiary/aromatic N) is 3. The Morgan fingerprint density at radius 3 is 2.89 bits per heavy atom. The molecule has 0 saturated carbocycles. The smallest absolute Gasteiger partial charge is 0.193 e. The number of hydrogen-bond acceptors (Lipinski definition) is 3. The van der Waals surface area contributed by atoms with Crippen molar-refractivity contribution in [1.82, 2.24) is 15.1 Å². The van der Waals surface area contributed by atoms with Crippen LogP contribution < -0.4 is 5.32 Å². The first-order chi connectivity index (χ1) is 9.24. The third-order valence-electron chi connectivity index (χ3n) is 4.27. The van der Waals surface area contributed by atoms with E-state index in [-0.39, 0.29) is 0 Å². The molecule has 2 rings (SSSR count). The fraction of sp³-hybridized carbons (Fsp3) is 0.929. The number of guanidine groups is 1. The van der Waals surface area contributed by atoms with E-state index in [1.54, 1.807) is 0 Å². The SMILES string of the molecule is CCC1CN(C(=NC)NCC2CCCN2C)CCS1. The third-order valence-corrected chi connectivity index (χ3v) is 5.64. The van der Waals surface area contributed by atoms with E-state index in [2.05, 4.69) is 45.8 Å². The fourth-order valence-corrected chi connectivity index (χ4v) is 4.12. The number of likely N-dealkylation sites (tertiary alicyclic amines) is 1. The van der Waals surface area contributed by atoms with Crippen LogP contribution in [0.15, 0.2) is 4.99 Å². The summed E-state index contributed by atoms with van der Waals surface area (Å²) in [4.78, 5) is 9.36. The zero-order valence-electron chi connectivity index (χ0n) is 12.6. The maximum absolute atomic E-state index is 4.47. The summed E-state index contributed by atoms with van der Waals surface area (Å²) in [6.45, 7) is 6.82. The molecule has 0 aromatic heterocycles. The van der Waals surface area contributed by atoms with Gasteiger partial charge in [0, 0.05) is 43.7 Å². The van der Waals surface area contributed by atoms with Gasteiger partial charge in [0.15, 0.2) is 5.96 Å². The van der Waals surface area contributed by atoms with E-state index in [1.807, 2.05) is 7.05 Å². The Morgan fingerprint density at radius 1 is 1.42 bits per heavy atom. The molecule has 0 spiro atoms. The zero-order chi connectivity index (χ0) is 13.7. The van der Waals surface area contributed by atoms with Crippen molar-refractivity contribution in [2.75, 3.05) is 46.0 Å². The third kappa shape index (κ3) is 4.02. The normalized spacial score (nSPS) is 29.8. The van der Waals surface area contributed by atoms with Crippen LogP contribution in [-0.2, 0) is 0 Å². The highest BCUT2D eigenvalue weighted by atomic mass is 32.2. The van der Waals surface area contributed by atoms with Gasteiger partial charge < -0.3 is 15.1 Å². The predicted molar refractivity (Wildman–Crippen MR) is 85.1 cm³/mol. The van der Waals surface area contributed by atoms with Crippen LogP contribution >= 0.6 is 11.8 Å². The van der Waals surface area contributed by atoms with Crippen molar-refractivity contribution >= 4 is 17.7 Å². The zero-order valence-corrected chi connectivity index (χ0v) is 13.4. The van der Waals surface area contributed by atoms with Crippen LogP contribution in [0.5, 0.6) is 0 Å².